The van der Waals surface area contributed by atoms with Gasteiger partial charge in [-0.05, 0) is 48.2 Å². The van der Waals surface area contributed by atoms with Crippen molar-refractivity contribution in [2.45, 2.75) is 39.8 Å². The highest BCUT2D eigenvalue weighted by Gasteiger charge is 2.26. The fraction of sp³-hybridized carbons (Fsp3) is 0.391. The molecule has 0 heterocycles. The Kier molecular flexibility index (Phi) is 8.19. The molecule has 0 fully saturated rings. The average Bonchev–Trinajstić information content (AvgIpc) is 2.71. The summed E-state index contributed by atoms with van der Waals surface area (Å²) in [6, 6.07) is 12.6. The van der Waals surface area contributed by atoms with Gasteiger partial charge in [-0.15, -0.1) is 0 Å². The number of halogens is 1. The van der Waals surface area contributed by atoms with Crippen molar-refractivity contribution in [1.82, 2.24) is 10.2 Å². The first-order valence-electron chi connectivity index (χ1n) is 9.74. The second kappa shape index (κ2) is 10.6. The Bertz CT molecular complexity index is 821. The third kappa shape index (κ3) is 6.89. The van der Waals surface area contributed by atoms with Crippen molar-refractivity contribution in [3.63, 3.8) is 0 Å². The molecule has 0 aromatic heterocycles. The molecule has 2 aromatic carbocycles. The number of hydrogen-bond acceptors (Lipinski definition) is 3. The summed E-state index contributed by atoms with van der Waals surface area (Å²) < 4.78 is 18.4. The van der Waals surface area contributed by atoms with E-state index in [1.165, 1.54) is 12.1 Å². The molecule has 0 saturated heterocycles. The molecule has 1 atom stereocenters. The molecule has 156 valence electrons. The first-order valence-corrected chi connectivity index (χ1v) is 9.74. The van der Waals surface area contributed by atoms with E-state index < -0.39 is 6.04 Å². The summed E-state index contributed by atoms with van der Waals surface area (Å²) in [7, 11) is 1.58. The van der Waals surface area contributed by atoms with Crippen LogP contribution in [0.4, 0.5) is 4.39 Å². The molecule has 29 heavy (non-hydrogen) atoms. The Morgan fingerprint density at radius 3 is 2.38 bits per heavy atom. The van der Waals surface area contributed by atoms with Gasteiger partial charge in [0.1, 0.15) is 17.6 Å². The summed E-state index contributed by atoms with van der Waals surface area (Å²) in [6.07, 6.45) is 0.0893. The number of rotatable bonds is 9. The topological polar surface area (TPSA) is 58.6 Å². The molecule has 2 rings (SSSR count). The number of amides is 2. The lowest BCUT2D eigenvalue weighted by molar-refractivity contribution is -0.140. The second-order valence-corrected chi connectivity index (χ2v) is 7.49. The van der Waals surface area contributed by atoms with Crippen LogP contribution in [0.25, 0.3) is 0 Å². The van der Waals surface area contributed by atoms with Crippen molar-refractivity contribution in [3.05, 3.63) is 65.5 Å². The molecule has 0 aliphatic rings. The van der Waals surface area contributed by atoms with E-state index >= 15 is 0 Å². The number of ether oxygens (including phenoxy) is 1. The molecule has 0 bridgehead atoms. The smallest absolute Gasteiger partial charge is 0.242 e. The molecule has 5 nitrogen and oxygen atoms in total. The maximum absolute atomic E-state index is 13.2. The summed E-state index contributed by atoms with van der Waals surface area (Å²) in [4.78, 5) is 27.2. The van der Waals surface area contributed by atoms with E-state index in [4.69, 9.17) is 4.74 Å². The molecule has 0 saturated carbocycles. The minimum atomic E-state index is -0.645. The quantitative estimate of drug-likeness (QED) is 0.700. The third-order valence-corrected chi connectivity index (χ3v) is 4.61. The zero-order valence-electron chi connectivity index (χ0n) is 17.4. The normalized spacial score (nSPS) is 11.8. The summed E-state index contributed by atoms with van der Waals surface area (Å²) in [6.45, 7) is 6.56. The summed E-state index contributed by atoms with van der Waals surface area (Å²) in [5, 5.41) is 2.89. The van der Waals surface area contributed by atoms with E-state index in [9.17, 15) is 14.0 Å². The maximum Gasteiger partial charge on any atom is 0.242 e. The van der Waals surface area contributed by atoms with Crippen LogP contribution in [0.3, 0.4) is 0 Å². The van der Waals surface area contributed by atoms with E-state index in [1.807, 2.05) is 38.1 Å². The van der Waals surface area contributed by atoms with Gasteiger partial charge in [0.25, 0.3) is 0 Å². The van der Waals surface area contributed by atoms with E-state index in [1.54, 1.807) is 31.1 Å². The van der Waals surface area contributed by atoms with Gasteiger partial charge in [0.15, 0.2) is 0 Å². The predicted molar refractivity (Wildman–Crippen MR) is 111 cm³/mol. The van der Waals surface area contributed by atoms with E-state index in [0.29, 0.717) is 23.8 Å². The number of benzene rings is 2. The molecule has 0 unspecified atom stereocenters. The van der Waals surface area contributed by atoms with Crippen molar-refractivity contribution < 1.29 is 18.7 Å². The zero-order chi connectivity index (χ0) is 21.4. The summed E-state index contributed by atoms with van der Waals surface area (Å²) in [5.74, 6) is 0.245. The van der Waals surface area contributed by atoms with Crippen molar-refractivity contribution in [2.24, 2.45) is 5.92 Å². The molecule has 0 aliphatic heterocycles. The lowest BCUT2D eigenvalue weighted by Gasteiger charge is -2.29. The van der Waals surface area contributed by atoms with Gasteiger partial charge in [-0.25, -0.2) is 4.39 Å². The number of methoxy groups -OCH3 is 1. The lowest BCUT2D eigenvalue weighted by Crippen LogP contribution is -2.48. The zero-order valence-corrected chi connectivity index (χ0v) is 17.4. The van der Waals surface area contributed by atoms with Crippen LogP contribution in [-0.4, -0.2) is 36.4 Å². The van der Waals surface area contributed by atoms with Gasteiger partial charge >= 0.3 is 0 Å². The van der Waals surface area contributed by atoms with Crippen molar-refractivity contribution >= 4 is 11.8 Å². The predicted octanol–water partition coefficient (Wildman–Crippen LogP) is 3.57. The largest absolute Gasteiger partial charge is 0.497 e. The molecule has 2 aromatic rings. The van der Waals surface area contributed by atoms with Crippen LogP contribution in [0.1, 0.15) is 31.9 Å². The van der Waals surface area contributed by atoms with Crippen LogP contribution in [0.15, 0.2) is 48.5 Å². The first kappa shape index (κ1) is 22.4. The highest BCUT2D eigenvalue weighted by atomic mass is 19.1. The van der Waals surface area contributed by atoms with E-state index in [0.717, 1.165) is 5.56 Å². The van der Waals surface area contributed by atoms with Gasteiger partial charge in [-0.1, -0.05) is 38.1 Å². The number of nitrogens with one attached hydrogen (secondary N) is 1. The molecule has 0 radical (unpaired) electrons. The SMILES string of the molecule is COc1cccc(CN(C(=O)Cc2ccc(F)cc2)[C@@H](C)C(=O)NCC(C)C)c1. The maximum atomic E-state index is 13.2. The van der Waals surface area contributed by atoms with Crippen LogP contribution in [0.5, 0.6) is 5.75 Å². The molecular formula is C23H29FN2O3. The van der Waals surface area contributed by atoms with Gasteiger partial charge in [0, 0.05) is 13.1 Å². The van der Waals surface area contributed by atoms with Crippen molar-refractivity contribution in [3.8, 4) is 5.75 Å². The second-order valence-electron chi connectivity index (χ2n) is 7.49. The van der Waals surface area contributed by atoms with Gasteiger partial charge in [-0.2, -0.15) is 0 Å². The first-order chi connectivity index (χ1) is 13.8. The van der Waals surface area contributed by atoms with Crippen LogP contribution in [0, 0.1) is 11.7 Å². The van der Waals surface area contributed by atoms with Gasteiger partial charge in [-0.3, -0.25) is 9.59 Å². The molecule has 6 heteroatoms. The Hall–Kier alpha value is -2.89. The van der Waals surface area contributed by atoms with Gasteiger partial charge in [0.05, 0.1) is 13.5 Å². The van der Waals surface area contributed by atoms with Gasteiger partial charge in [0.2, 0.25) is 11.8 Å². The highest BCUT2D eigenvalue weighted by Crippen LogP contribution is 2.17. The standard InChI is InChI=1S/C23H29FN2O3/c1-16(2)14-25-23(28)17(3)26(15-19-6-5-7-21(12-19)29-4)22(27)13-18-8-10-20(24)11-9-18/h5-12,16-17H,13-15H2,1-4H3,(H,25,28)/t17-/m0/s1. The Morgan fingerprint density at radius 1 is 1.07 bits per heavy atom. The molecule has 2 amide bonds. The highest BCUT2D eigenvalue weighted by molar-refractivity contribution is 5.88. The third-order valence-electron chi connectivity index (χ3n) is 4.61. The lowest BCUT2D eigenvalue weighted by atomic mass is 10.1. The minimum absolute atomic E-state index is 0.0893. The van der Waals surface area contributed by atoms with Crippen LogP contribution in [0.2, 0.25) is 0 Å². The van der Waals surface area contributed by atoms with Crippen molar-refractivity contribution in [1.29, 1.82) is 0 Å². The molecule has 0 spiro atoms. The molecule has 1 N–H and O–H groups in total. The monoisotopic (exact) mass is 400 g/mol. The summed E-state index contributed by atoms with van der Waals surface area (Å²) >= 11 is 0. The van der Waals surface area contributed by atoms with E-state index in [-0.39, 0.29) is 30.6 Å². The fourth-order valence-corrected chi connectivity index (χ4v) is 2.88. The number of carbonyl (C=O) groups excluding carboxylic acids is 2. The Balaban J connectivity index is 2.21. The van der Waals surface area contributed by atoms with Gasteiger partial charge < -0.3 is 15.0 Å². The number of nitrogens with zero attached hydrogens (tertiary/aromatic N) is 1. The Labute approximate surface area is 171 Å². The van der Waals surface area contributed by atoms with E-state index in [2.05, 4.69) is 5.32 Å². The number of carbonyl (C=O) groups is 2. The Morgan fingerprint density at radius 2 is 1.76 bits per heavy atom. The van der Waals surface area contributed by atoms with Crippen LogP contribution < -0.4 is 10.1 Å². The van der Waals surface area contributed by atoms with Crippen LogP contribution in [-0.2, 0) is 22.6 Å². The number of hydrogen-bond donors (Lipinski definition) is 1. The molecule has 0 aliphatic carbocycles. The fourth-order valence-electron chi connectivity index (χ4n) is 2.88. The summed E-state index contributed by atoms with van der Waals surface area (Å²) in [5.41, 5.74) is 1.56. The molecular weight excluding hydrogens is 371 g/mol. The van der Waals surface area contributed by atoms with Crippen LogP contribution >= 0.6 is 0 Å². The minimum Gasteiger partial charge on any atom is -0.497 e. The average molecular weight is 400 g/mol. The van der Waals surface area contributed by atoms with Crippen molar-refractivity contribution in [2.75, 3.05) is 13.7 Å².